The van der Waals surface area contributed by atoms with Crippen molar-refractivity contribution in [3.05, 3.63) is 49.2 Å². The molecular weight excluding hydrogens is 378 g/mol. The molecule has 1 aromatic carbocycles. The van der Waals surface area contributed by atoms with E-state index in [1.807, 2.05) is 34.9 Å². The molecule has 6 heteroatoms. The average Bonchev–Trinajstić information content (AvgIpc) is 2.75. The zero-order chi connectivity index (χ0) is 13.8. The lowest BCUT2D eigenvalue weighted by Gasteiger charge is -2.06. The number of carbonyl (C=O) groups is 1. The second kappa shape index (κ2) is 6.42. The van der Waals surface area contributed by atoms with Crippen LogP contribution in [0.15, 0.2) is 23.6 Å². The van der Waals surface area contributed by atoms with Crippen LogP contribution in [0.4, 0.5) is 4.39 Å². The number of amides is 1. The van der Waals surface area contributed by atoms with Crippen LogP contribution < -0.4 is 5.32 Å². The number of nitrogens with zero attached hydrogens (tertiary/aromatic N) is 1. The van der Waals surface area contributed by atoms with Gasteiger partial charge in [-0.2, -0.15) is 0 Å². The van der Waals surface area contributed by atoms with Gasteiger partial charge in [0, 0.05) is 27.6 Å². The van der Waals surface area contributed by atoms with Gasteiger partial charge in [0.05, 0.1) is 10.6 Å². The van der Waals surface area contributed by atoms with E-state index in [9.17, 15) is 9.18 Å². The van der Waals surface area contributed by atoms with Crippen molar-refractivity contribution in [2.75, 3.05) is 6.54 Å². The van der Waals surface area contributed by atoms with Gasteiger partial charge in [-0.15, -0.1) is 11.3 Å². The Morgan fingerprint density at radius 3 is 2.95 bits per heavy atom. The first-order valence-corrected chi connectivity index (χ1v) is 7.66. The minimum Gasteiger partial charge on any atom is -0.352 e. The zero-order valence-electron chi connectivity index (χ0n) is 10.2. The number of benzene rings is 1. The van der Waals surface area contributed by atoms with Crippen molar-refractivity contribution in [1.29, 1.82) is 0 Å². The van der Waals surface area contributed by atoms with Crippen LogP contribution in [-0.4, -0.2) is 17.4 Å². The van der Waals surface area contributed by atoms with Crippen LogP contribution in [0.1, 0.15) is 21.1 Å². The van der Waals surface area contributed by atoms with E-state index in [0.717, 1.165) is 10.7 Å². The Morgan fingerprint density at radius 1 is 1.53 bits per heavy atom. The van der Waals surface area contributed by atoms with Crippen LogP contribution >= 0.6 is 33.9 Å². The third-order valence-corrected chi connectivity index (χ3v) is 4.39. The van der Waals surface area contributed by atoms with Gasteiger partial charge in [0.15, 0.2) is 0 Å². The van der Waals surface area contributed by atoms with E-state index in [4.69, 9.17) is 0 Å². The Bertz CT molecular complexity index is 600. The van der Waals surface area contributed by atoms with E-state index in [2.05, 4.69) is 10.3 Å². The summed E-state index contributed by atoms with van der Waals surface area (Å²) >= 11 is 3.55. The molecule has 0 aliphatic carbocycles. The molecule has 0 saturated carbocycles. The first-order chi connectivity index (χ1) is 9.06. The van der Waals surface area contributed by atoms with Gasteiger partial charge in [0.2, 0.25) is 0 Å². The Kier molecular flexibility index (Phi) is 4.87. The molecule has 0 aliphatic rings. The van der Waals surface area contributed by atoms with Crippen molar-refractivity contribution in [1.82, 2.24) is 10.3 Å². The average molecular weight is 390 g/mol. The van der Waals surface area contributed by atoms with Crippen LogP contribution in [-0.2, 0) is 6.42 Å². The minimum absolute atomic E-state index is 0.183. The van der Waals surface area contributed by atoms with Crippen LogP contribution in [0, 0.1) is 16.3 Å². The number of aromatic nitrogens is 1. The van der Waals surface area contributed by atoms with Crippen LogP contribution in [0.3, 0.4) is 0 Å². The normalized spacial score (nSPS) is 10.5. The lowest BCUT2D eigenvalue weighted by atomic mass is 10.2. The lowest BCUT2D eigenvalue weighted by molar-refractivity contribution is 0.0953. The summed E-state index contributed by atoms with van der Waals surface area (Å²) in [5, 5.41) is 5.81. The van der Waals surface area contributed by atoms with E-state index in [1.54, 1.807) is 11.3 Å². The highest BCUT2D eigenvalue weighted by molar-refractivity contribution is 14.1. The molecule has 3 nitrogen and oxygen atoms in total. The fraction of sp³-hybridized carbons (Fsp3) is 0.231. The summed E-state index contributed by atoms with van der Waals surface area (Å²) in [7, 11) is 0. The van der Waals surface area contributed by atoms with Gasteiger partial charge in [-0.1, -0.05) is 0 Å². The smallest absolute Gasteiger partial charge is 0.252 e. The summed E-state index contributed by atoms with van der Waals surface area (Å²) in [6.45, 7) is 2.47. The quantitative estimate of drug-likeness (QED) is 0.816. The predicted octanol–water partition coefficient (Wildman–Crippen LogP) is 3.17. The van der Waals surface area contributed by atoms with Gasteiger partial charge in [-0.05, 0) is 47.7 Å². The van der Waals surface area contributed by atoms with Crippen LogP contribution in [0.2, 0.25) is 0 Å². The number of thiazole rings is 1. The Morgan fingerprint density at radius 2 is 2.32 bits per heavy atom. The molecule has 0 bridgehead atoms. The molecule has 2 rings (SSSR count). The summed E-state index contributed by atoms with van der Waals surface area (Å²) in [6.07, 6.45) is 0.710. The van der Waals surface area contributed by atoms with Crippen molar-refractivity contribution in [2.24, 2.45) is 0 Å². The van der Waals surface area contributed by atoms with E-state index in [-0.39, 0.29) is 11.7 Å². The van der Waals surface area contributed by atoms with E-state index >= 15 is 0 Å². The highest BCUT2D eigenvalue weighted by Gasteiger charge is 2.10. The third kappa shape index (κ3) is 3.97. The van der Waals surface area contributed by atoms with E-state index in [0.29, 0.717) is 22.1 Å². The second-order valence-corrected chi connectivity index (χ2v) is 6.12. The molecule has 0 saturated heterocycles. The highest BCUT2D eigenvalue weighted by Crippen LogP contribution is 2.14. The van der Waals surface area contributed by atoms with Gasteiger partial charge in [-0.3, -0.25) is 4.79 Å². The van der Waals surface area contributed by atoms with Gasteiger partial charge in [0.25, 0.3) is 5.91 Å². The van der Waals surface area contributed by atoms with Gasteiger partial charge in [0.1, 0.15) is 5.82 Å². The summed E-state index contributed by atoms with van der Waals surface area (Å²) in [4.78, 5) is 16.2. The number of rotatable bonds is 4. The first kappa shape index (κ1) is 14.4. The molecule has 0 fully saturated rings. The largest absolute Gasteiger partial charge is 0.352 e. The Labute approximate surface area is 128 Å². The zero-order valence-corrected chi connectivity index (χ0v) is 13.2. The van der Waals surface area contributed by atoms with Crippen molar-refractivity contribution in [2.45, 2.75) is 13.3 Å². The molecular formula is C13H12FIN2OS. The molecule has 0 spiro atoms. The summed E-state index contributed by atoms with van der Waals surface area (Å²) in [5.41, 5.74) is 1.50. The molecule has 2 aromatic rings. The molecule has 19 heavy (non-hydrogen) atoms. The minimum atomic E-state index is -0.334. The van der Waals surface area contributed by atoms with Gasteiger partial charge in [-0.25, -0.2) is 9.37 Å². The maximum absolute atomic E-state index is 12.9. The number of aryl methyl sites for hydroxylation is 1. The highest BCUT2D eigenvalue weighted by atomic mass is 127. The third-order valence-electron chi connectivity index (χ3n) is 2.47. The molecule has 0 atom stereocenters. The number of halogens is 2. The maximum atomic E-state index is 12.9. The SMILES string of the molecule is Cc1csc(CCNC(=O)c2ccc(F)cc2I)n1. The number of hydrogen-bond acceptors (Lipinski definition) is 3. The summed E-state index contributed by atoms with van der Waals surface area (Å²) in [6, 6.07) is 4.14. The monoisotopic (exact) mass is 390 g/mol. The maximum Gasteiger partial charge on any atom is 0.252 e. The molecule has 0 unspecified atom stereocenters. The first-order valence-electron chi connectivity index (χ1n) is 5.70. The molecule has 100 valence electrons. The standard InChI is InChI=1S/C13H12FIN2OS/c1-8-7-19-12(17-8)4-5-16-13(18)10-3-2-9(14)6-11(10)15/h2-3,6-7H,4-5H2,1H3,(H,16,18). The van der Waals surface area contributed by atoms with Crippen LogP contribution in [0.25, 0.3) is 0 Å². The molecule has 1 aromatic heterocycles. The van der Waals surface area contributed by atoms with Crippen LogP contribution in [0.5, 0.6) is 0 Å². The number of hydrogen-bond donors (Lipinski definition) is 1. The van der Waals surface area contributed by atoms with Crippen molar-refractivity contribution >= 4 is 39.8 Å². The van der Waals surface area contributed by atoms with Gasteiger partial charge >= 0.3 is 0 Å². The summed E-state index contributed by atoms with van der Waals surface area (Å²) < 4.78 is 13.6. The molecule has 0 aliphatic heterocycles. The van der Waals surface area contributed by atoms with E-state index < -0.39 is 0 Å². The lowest BCUT2D eigenvalue weighted by Crippen LogP contribution is -2.26. The molecule has 1 N–H and O–H groups in total. The summed E-state index contributed by atoms with van der Waals surface area (Å²) in [5.74, 6) is -0.517. The molecule has 1 heterocycles. The molecule has 0 radical (unpaired) electrons. The van der Waals surface area contributed by atoms with Crippen molar-refractivity contribution < 1.29 is 9.18 Å². The second-order valence-electron chi connectivity index (χ2n) is 4.01. The molecule has 1 amide bonds. The number of carbonyl (C=O) groups excluding carboxylic acids is 1. The number of nitrogens with one attached hydrogen (secondary N) is 1. The predicted molar refractivity (Wildman–Crippen MR) is 82.0 cm³/mol. The fourth-order valence-corrected chi connectivity index (χ4v) is 3.07. The van der Waals surface area contributed by atoms with E-state index in [1.165, 1.54) is 18.2 Å². The van der Waals surface area contributed by atoms with Crippen molar-refractivity contribution in [3.63, 3.8) is 0 Å². The Balaban J connectivity index is 1.90. The van der Waals surface area contributed by atoms with Gasteiger partial charge < -0.3 is 5.32 Å². The fourth-order valence-electron chi connectivity index (χ4n) is 1.57. The Hall–Kier alpha value is -1.02. The topological polar surface area (TPSA) is 42.0 Å². The van der Waals surface area contributed by atoms with Crippen molar-refractivity contribution in [3.8, 4) is 0 Å².